The highest BCUT2D eigenvalue weighted by atomic mass is 16.1. The average molecular weight is 407 g/mol. The van der Waals surface area contributed by atoms with E-state index in [2.05, 4.69) is 35.4 Å². The minimum Gasteiger partial charge on any atom is -0.379 e. The molecule has 3 N–H and O–H groups in total. The number of hydrogen-bond donors (Lipinski definition) is 2. The summed E-state index contributed by atoms with van der Waals surface area (Å²) in [7, 11) is 1.92. The predicted molar refractivity (Wildman–Crippen MR) is 117 cm³/mol. The Morgan fingerprint density at radius 1 is 1.20 bits per heavy atom. The average Bonchev–Trinajstić information content (AvgIpc) is 3.29. The Balaban J connectivity index is 1.58. The summed E-state index contributed by atoms with van der Waals surface area (Å²) in [6.07, 6.45) is 10.5. The Bertz CT molecular complexity index is 1090. The normalized spacial score (nSPS) is 28.6. The van der Waals surface area contributed by atoms with Crippen molar-refractivity contribution in [1.82, 2.24) is 19.4 Å². The van der Waals surface area contributed by atoms with Gasteiger partial charge in [0.05, 0.1) is 28.7 Å². The van der Waals surface area contributed by atoms with E-state index in [0.717, 1.165) is 34.3 Å². The third kappa shape index (κ3) is 3.16. The fraction of sp³-hybridized carbons (Fsp3) is 0.522. The maximum atomic E-state index is 12.3. The number of nitrogens with two attached hydrogens (primary N) is 1. The van der Waals surface area contributed by atoms with Gasteiger partial charge in [0.2, 0.25) is 0 Å². The fourth-order valence-corrected chi connectivity index (χ4v) is 6.04. The lowest BCUT2D eigenvalue weighted by Gasteiger charge is -2.47. The van der Waals surface area contributed by atoms with Gasteiger partial charge in [0.1, 0.15) is 0 Å². The zero-order valence-electron chi connectivity index (χ0n) is 17.9. The standard InChI is InChI=1S/C23H30N6O/c1-13-6-15-8-14(2)21(16(7-13)9-15)27-22-18(23(24)30)11-26-29-12-17(10-20(22)29)19-4-5-25-28(19)3/h4-5,10-16,21,27H,6-9H2,1-3H3,(H2,24,30). The minimum absolute atomic E-state index is 0.336. The van der Waals surface area contributed by atoms with E-state index in [4.69, 9.17) is 5.73 Å². The first-order valence-corrected chi connectivity index (χ1v) is 11.0. The van der Waals surface area contributed by atoms with E-state index in [-0.39, 0.29) is 0 Å². The van der Waals surface area contributed by atoms with Gasteiger partial charge in [0.15, 0.2) is 0 Å². The summed E-state index contributed by atoms with van der Waals surface area (Å²) < 4.78 is 3.67. The van der Waals surface area contributed by atoms with Gasteiger partial charge in [-0.15, -0.1) is 0 Å². The lowest BCUT2D eigenvalue weighted by atomic mass is 9.63. The van der Waals surface area contributed by atoms with Gasteiger partial charge in [-0.3, -0.25) is 9.48 Å². The van der Waals surface area contributed by atoms with Crippen molar-refractivity contribution in [3.63, 3.8) is 0 Å². The largest absolute Gasteiger partial charge is 0.379 e. The molecular weight excluding hydrogens is 376 g/mol. The topological polar surface area (TPSA) is 90.2 Å². The van der Waals surface area contributed by atoms with Gasteiger partial charge in [-0.1, -0.05) is 13.8 Å². The Labute approximate surface area is 176 Å². The smallest absolute Gasteiger partial charge is 0.252 e. The molecule has 2 aliphatic carbocycles. The number of anilines is 1. The molecule has 2 aliphatic rings. The van der Waals surface area contributed by atoms with Crippen LogP contribution in [0, 0.1) is 23.7 Å². The molecule has 0 saturated heterocycles. The van der Waals surface area contributed by atoms with Crippen LogP contribution in [-0.4, -0.2) is 31.3 Å². The van der Waals surface area contributed by atoms with Crippen molar-refractivity contribution in [3.8, 4) is 11.3 Å². The molecule has 3 heterocycles. The number of carbonyl (C=O) groups excluding carboxylic acids is 1. The predicted octanol–water partition coefficient (Wildman–Crippen LogP) is 3.71. The summed E-state index contributed by atoms with van der Waals surface area (Å²) in [6.45, 7) is 4.72. The SMILES string of the molecule is CC1CC2CC(C)C(Nc3c(C(N)=O)cnn4cc(-c5ccnn5C)cc34)C(C1)C2. The number of rotatable bonds is 4. The number of fused-ring (bicyclic) bond motifs is 3. The van der Waals surface area contributed by atoms with Crippen LogP contribution in [0.3, 0.4) is 0 Å². The van der Waals surface area contributed by atoms with Crippen molar-refractivity contribution in [2.24, 2.45) is 36.5 Å². The third-order valence-electron chi connectivity index (χ3n) is 7.23. The molecule has 2 saturated carbocycles. The monoisotopic (exact) mass is 406 g/mol. The number of nitrogens with zero attached hydrogens (tertiary/aromatic N) is 4. The van der Waals surface area contributed by atoms with Crippen molar-refractivity contribution in [3.05, 3.63) is 36.3 Å². The zero-order valence-corrected chi connectivity index (χ0v) is 17.9. The van der Waals surface area contributed by atoms with Crippen LogP contribution in [-0.2, 0) is 7.05 Å². The third-order valence-corrected chi connectivity index (χ3v) is 7.23. The van der Waals surface area contributed by atoms with E-state index in [1.165, 1.54) is 25.7 Å². The lowest BCUT2D eigenvalue weighted by molar-refractivity contribution is 0.0958. The van der Waals surface area contributed by atoms with Crippen LogP contribution in [0.15, 0.2) is 30.7 Å². The van der Waals surface area contributed by atoms with Crippen LogP contribution in [0.1, 0.15) is 49.9 Å². The van der Waals surface area contributed by atoms with Crippen molar-refractivity contribution < 1.29 is 4.79 Å². The Morgan fingerprint density at radius 2 is 2.03 bits per heavy atom. The van der Waals surface area contributed by atoms with Crippen LogP contribution in [0.5, 0.6) is 0 Å². The van der Waals surface area contributed by atoms with Crippen LogP contribution >= 0.6 is 0 Å². The molecule has 2 bridgehead atoms. The molecule has 0 aliphatic heterocycles. The van der Waals surface area contributed by atoms with Crippen molar-refractivity contribution in [1.29, 1.82) is 0 Å². The molecule has 158 valence electrons. The summed E-state index contributed by atoms with van der Waals surface area (Å²) in [5.74, 6) is 2.34. The van der Waals surface area contributed by atoms with Gasteiger partial charge in [-0.05, 0) is 61.5 Å². The van der Waals surface area contributed by atoms with E-state index in [0.29, 0.717) is 23.4 Å². The second kappa shape index (κ2) is 7.15. The van der Waals surface area contributed by atoms with Gasteiger partial charge in [-0.2, -0.15) is 10.2 Å². The number of primary amides is 1. The van der Waals surface area contributed by atoms with E-state index in [9.17, 15) is 4.79 Å². The molecular formula is C23H30N6O. The first-order valence-electron chi connectivity index (χ1n) is 11.0. The molecule has 7 nitrogen and oxygen atoms in total. The van der Waals surface area contributed by atoms with E-state index in [1.54, 1.807) is 12.4 Å². The Hall–Kier alpha value is -2.83. The second-order valence-corrected chi connectivity index (χ2v) is 9.52. The fourth-order valence-electron chi connectivity index (χ4n) is 6.04. The summed E-state index contributed by atoms with van der Waals surface area (Å²) >= 11 is 0. The van der Waals surface area contributed by atoms with Crippen LogP contribution < -0.4 is 11.1 Å². The quantitative estimate of drug-likeness (QED) is 0.691. The van der Waals surface area contributed by atoms with E-state index in [1.807, 2.05) is 28.5 Å². The molecule has 7 heteroatoms. The molecule has 5 atom stereocenters. The highest BCUT2D eigenvalue weighted by molar-refractivity contribution is 6.02. The molecule has 1 amide bonds. The number of amides is 1. The molecule has 30 heavy (non-hydrogen) atoms. The number of nitrogens with one attached hydrogen (secondary N) is 1. The van der Waals surface area contributed by atoms with E-state index < -0.39 is 5.91 Å². The molecule has 3 aromatic rings. The first kappa shape index (κ1) is 19.2. The highest BCUT2D eigenvalue weighted by Gasteiger charge is 2.40. The maximum Gasteiger partial charge on any atom is 0.252 e. The molecule has 2 fully saturated rings. The maximum absolute atomic E-state index is 12.3. The molecule has 0 spiro atoms. The molecule has 0 aromatic carbocycles. The van der Waals surface area contributed by atoms with Crippen LogP contribution in [0.25, 0.3) is 16.8 Å². The van der Waals surface area contributed by atoms with Crippen LogP contribution in [0.4, 0.5) is 5.69 Å². The van der Waals surface area contributed by atoms with E-state index >= 15 is 0 Å². The van der Waals surface area contributed by atoms with Gasteiger partial charge >= 0.3 is 0 Å². The Morgan fingerprint density at radius 3 is 2.77 bits per heavy atom. The van der Waals surface area contributed by atoms with Crippen molar-refractivity contribution >= 4 is 17.1 Å². The summed E-state index contributed by atoms with van der Waals surface area (Å²) in [6, 6.07) is 4.38. The van der Waals surface area contributed by atoms with Crippen molar-refractivity contribution in [2.45, 2.75) is 45.6 Å². The summed E-state index contributed by atoms with van der Waals surface area (Å²) in [4.78, 5) is 12.3. The van der Waals surface area contributed by atoms with Gasteiger partial charge in [-0.25, -0.2) is 4.52 Å². The highest BCUT2D eigenvalue weighted by Crippen LogP contribution is 2.46. The summed E-state index contributed by atoms with van der Waals surface area (Å²) in [5.41, 5.74) is 9.90. The lowest BCUT2D eigenvalue weighted by Crippen LogP contribution is -2.45. The number of aromatic nitrogens is 4. The molecule has 5 unspecified atom stereocenters. The second-order valence-electron chi connectivity index (χ2n) is 9.52. The number of carbonyl (C=O) groups is 1. The number of aryl methyl sites for hydroxylation is 1. The zero-order chi connectivity index (χ0) is 21.0. The summed E-state index contributed by atoms with van der Waals surface area (Å²) in [5, 5.41) is 12.5. The van der Waals surface area contributed by atoms with Gasteiger partial charge < -0.3 is 11.1 Å². The minimum atomic E-state index is -0.450. The number of hydrogen-bond acceptors (Lipinski definition) is 4. The molecule has 5 rings (SSSR count). The van der Waals surface area contributed by atoms with Gasteiger partial charge in [0, 0.05) is 31.0 Å². The first-order chi connectivity index (χ1) is 14.4. The van der Waals surface area contributed by atoms with Gasteiger partial charge in [0.25, 0.3) is 5.91 Å². The molecule has 3 aromatic heterocycles. The van der Waals surface area contributed by atoms with Crippen molar-refractivity contribution in [2.75, 3.05) is 5.32 Å². The Kier molecular flexibility index (Phi) is 4.56. The van der Waals surface area contributed by atoms with Crippen LogP contribution in [0.2, 0.25) is 0 Å². The molecule has 0 radical (unpaired) electrons.